The molecule has 0 saturated heterocycles. The number of carbonyl (C=O) groups is 2. The average Bonchev–Trinajstić information content (AvgIpc) is 3.03. The molecule has 0 aliphatic heterocycles. The van der Waals surface area contributed by atoms with Crippen molar-refractivity contribution < 1.29 is 18.7 Å². The van der Waals surface area contributed by atoms with Crippen LogP contribution in [-0.4, -0.2) is 18.4 Å². The lowest BCUT2D eigenvalue weighted by Gasteiger charge is -2.12. The van der Waals surface area contributed by atoms with E-state index in [4.69, 9.17) is 9.15 Å². The number of rotatable bonds is 5. The van der Waals surface area contributed by atoms with E-state index in [2.05, 4.69) is 26.8 Å². The number of benzene rings is 2. The van der Waals surface area contributed by atoms with Crippen LogP contribution in [0.3, 0.4) is 0 Å². The average molecular weight is 429 g/mol. The Balaban J connectivity index is 1.57. The van der Waals surface area contributed by atoms with Gasteiger partial charge in [0, 0.05) is 11.1 Å². The van der Waals surface area contributed by atoms with Crippen LogP contribution in [0.4, 0.5) is 0 Å². The van der Waals surface area contributed by atoms with E-state index in [0.717, 1.165) is 11.1 Å². The fraction of sp³-hybridized carbons (Fsp3) is 0.100. The minimum atomic E-state index is -0.545. The van der Waals surface area contributed by atoms with E-state index in [1.165, 1.54) is 0 Å². The summed E-state index contributed by atoms with van der Waals surface area (Å²) in [5, 5.41) is 0. The first kappa shape index (κ1) is 18.7. The first-order chi connectivity index (χ1) is 13.0. The zero-order valence-electron chi connectivity index (χ0n) is 14.5. The van der Waals surface area contributed by atoms with E-state index in [0.29, 0.717) is 16.0 Å². The van der Waals surface area contributed by atoms with Crippen LogP contribution in [0.2, 0.25) is 0 Å². The van der Waals surface area contributed by atoms with Crippen molar-refractivity contribution in [3.63, 3.8) is 0 Å². The summed E-state index contributed by atoms with van der Waals surface area (Å²) in [7, 11) is 0. The fourth-order valence-electron chi connectivity index (χ4n) is 2.48. The lowest BCUT2D eigenvalue weighted by atomic mass is 10.1. The third kappa shape index (κ3) is 4.77. The number of ether oxygens (including phenoxy) is 1. The summed E-state index contributed by atoms with van der Waals surface area (Å²) < 4.78 is 11.3. The van der Waals surface area contributed by atoms with Gasteiger partial charge in [-0.1, -0.05) is 48.5 Å². The minimum Gasteiger partial charge on any atom is -0.483 e. The van der Waals surface area contributed by atoms with Gasteiger partial charge in [0.1, 0.15) is 5.75 Å². The van der Waals surface area contributed by atoms with Gasteiger partial charge in [-0.2, -0.15) is 0 Å². The number of carbonyl (C=O) groups excluding carboxylic acids is 2. The SMILES string of the molecule is Cc1cc(Br)oc1C(=O)NNC(=O)COc1ccccc1-c1ccccc1. The number of hydrogen-bond acceptors (Lipinski definition) is 4. The van der Waals surface area contributed by atoms with E-state index in [1.807, 2.05) is 48.5 Å². The molecule has 0 saturated carbocycles. The van der Waals surface area contributed by atoms with Crippen LogP contribution in [0, 0.1) is 6.92 Å². The van der Waals surface area contributed by atoms with Crippen LogP contribution in [0.25, 0.3) is 11.1 Å². The maximum Gasteiger partial charge on any atom is 0.305 e. The number of aryl methyl sites for hydroxylation is 1. The number of para-hydroxylation sites is 1. The van der Waals surface area contributed by atoms with E-state index in [1.54, 1.807) is 19.1 Å². The van der Waals surface area contributed by atoms with E-state index < -0.39 is 11.8 Å². The number of nitrogens with one attached hydrogen (secondary N) is 2. The molecule has 138 valence electrons. The van der Waals surface area contributed by atoms with Gasteiger partial charge in [0.05, 0.1) is 0 Å². The Hall–Kier alpha value is -3.06. The molecule has 2 amide bonds. The third-order valence-corrected chi connectivity index (χ3v) is 4.13. The maximum absolute atomic E-state index is 12.0. The van der Waals surface area contributed by atoms with E-state index >= 15 is 0 Å². The summed E-state index contributed by atoms with van der Waals surface area (Å²) in [4.78, 5) is 24.0. The van der Waals surface area contributed by atoms with Gasteiger partial charge in [0.15, 0.2) is 17.0 Å². The highest BCUT2D eigenvalue weighted by Crippen LogP contribution is 2.29. The molecule has 1 aromatic heterocycles. The minimum absolute atomic E-state index is 0.123. The fourth-order valence-corrected chi connectivity index (χ4v) is 2.99. The van der Waals surface area contributed by atoms with Gasteiger partial charge in [0.2, 0.25) is 0 Å². The predicted octanol–water partition coefficient (Wildman–Crippen LogP) is 3.86. The molecule has 0 aliphatic carbocycles. The second-order valence-corrected chi connectivity index (χ2v) is 6.50. The molecular weight excluding hydrogens is 412 g/mol. The quantitative estimate of drug-likeness (QED) is 0.604. The second-order valence-electron chi connectivity index (χ2n) is 5.72. The summed E-state index contributed by atoms with van der Waals surface area (Å²) in [5.41, 5.74) is 7.13. The Morgan fingerprint density at radius 2 is 1.74 bits per heavy atom. The molecule has 2 N–H and O–H groups in total. The van der Waals surface area contributed by atoms with Crippen molar-refractivity contribution in [3.8, 4) is 16.9 Å². The molecule has 0 aliphatic rings. The zero-order chi connectivity index (χ0) is 19.2. The van der Waals surface area contributed by atoms with Crippen molar-refractivity contribution in [2.75, 3.05) is 6.61 Å². The molecule has 3 aromatic rings. The van der Waals surface area contributed by atoms with Crippen molar-refractivity contribution in [3.05, 3.63) is 76.7 Å². The van der Waals surface area contributed by atoms with Crippen molar-refractivity contribution in [2.45, 2.75) is 6.92 Å². The smallest absolute Gasteiger partial charge is 0.305 e. The Bertz CT molecular complexity index is 954. The molecule has 1 heterocycles. The largest absolute Gasteiger partial charge is 0.483 e. The lowest BCUT2D eigenvalue weighted by molar-refractivity contribution is -0.123. The molecule has 0 bridgehead atoms. The monoisotopic (exact) mass is 428 g/mol. The van der Waals surface area contributed by atoms with Gasteiger partial charge in [-0.15, -0.1) is 0 Å². The summed E-state index contributed by atoms with van der Waals surface area (Å²) in [6, 6.07) is 18.8. The van der Waals surface area contributed by atoms with Crippen molar-refractivity contribution in [1.29, 1.82) is 0 Å². The van der Waals surface area contributed by atoms with Crippen LogP contribution in [0.1, 0.15) is 16.1 Å². The highest BCUT2D eigenvalue weighted by molar-refractivity contribution is 9.10. The Kier molecular flexibility index (Phi) is 5.93. The van der Waals surface area contributed by atoms with Gasteiger partial charge in [-0.3, -0.25) is 20.4 Å². The summed E-state index contributed by atoms with van der Waals surface area (Å²) in [6.07, 6.45) is 0. The van der Waals surface area contributed by atoms with Crippen molar-refractivity contribution in [1.82, 2.24) is 10.9 Å². The maximum atomic E-state index is 12.0. The Morgan fingerprint density at radius 1 is 1.04 bits per heavy atom. The Labute approximate surface area is 164 Å². The molecule has 0 fully saturated rings. The normalized spacial score (nSPS) is 10.3. The molecular formula is C20H17BrN2O4. The summed E-state index contributed by atoms with van der Waals surface area (Å²) in [5.74, 6) is -0.334. The number of amides is 2. The van der Waals surface area contributed by atoms with Gasteiger partial charge in [-0.25, -0.2) is 0 Å². The topological polar surface area (TPSA) is 80.6 Å². The summed E-state index contributed by atoms with van der Waals surface area (Å²) in [6.45, 7) is 1.49. The second kappa shape index (κ2) is 8.55. The van der Waals surface area contributed by atoms with Gasteiger partial charge in [-0.05, 0) is 40.5 Å². The molecule has 0 unspecified atom stereocenters. The van der Waals surface area contributed by atoms with Crippen molar-refractivity contribution in [2.24, 2.45) is 0 Å². The van der Waals surface area contributed by atoms with Crippen LogP contribution in [-0.2, 0) is 4.79 Å². The first-order valence-electron chi connectivity index (χ1n) is 8.17. The van der Waals surface area contributed by atoms with Crippen LogP contribution in [0.5, 0.6) is 5.75 Å². The van der Waals surface area contributed by atoms with Gasteiger partial charge < -0.3 is 9.15 Å². The predicted molar refractivity (Wildman–Crippen MR) is 104 cm³/mol. The van der Waals surface area contributed by atoms with Crippen LogP contribution < -0.4 is 15.6 Å². The highest BCUT2D eigenvalue weighted by atomic mass is 79.9. The van der Waals surface area contributed by atoms with Gasteiger partial charge in [0.25, 0.3) is 5.91 Å². The highest BCUT2D eigenvalue weighted by Gasteiger charge is 2.16. The molecule has 27 heavy (non-hydrogen) atoms. The Morgan fingerprint density at radius 3 is 2.44 bits per heavy atom. The number of furan rings is 1. The van der Waals surface area contributed by atoms with E-state index in [-0.39, 0.29) is 12.4 Å². The molecule has 6 nitrogen and oxygen atoms in total. The zero-order valence-corrected chi connectivity index (χ0v) is 16.1. The lowest BCUT2D eigenvalue weighted by Crippen LogP contribution is -2.43. The van der Waals surface area contributed by atoms with Crippen LogP contribution in [0.15, 0.2) is 69.8 Å². The molecule has 0 spiro atoms. The summed E-state index contributed by atoms with van der Waals surface area (Å²) >= 11 is 3.15. The first-order valence-corrected chi connectivity index (χ1v) is 8.96. The molecule has 2 aromatic carbocycles. The van der Waals surface area contributed by atoms with Crippen molar-refractivity contribution >= 4 is 27.7 Å². The number of hydrogen-bond donors (Lipinski definition) is 2. The standard InChI is InChI=1S/C20H17BrN2O4/c1-13-11-17(21)27-19(13)20(25)23-22-18(24)12-26-16-10-6-5-9-15(16)14-7-3-2-4-8-14/h2-11H,12H2,1H3,(H,22,24)(H,23,25). The van der Waals surface area contributed by atoms with Gasteiger partial charge >= 0.3 is 5.91 Å². The third-order valence-electron chi connectivity index (χ3n) is 3.74. The molecule has 0 atom stereocenters. The molecule has 7 heteroatoms. The van der Waals surface area contributed by atoms with E-state index in [9.17, 15) is 9.59 Å². The number of halogens is 1. The molecule has 3 rings (SSSR count). The molecule has 0 radical (unpaired) electrons. The van der Waals surface area contributed by atoms with Crippen LogP contribution >= 0.6 is 15.9 Å². The number of hydrazine groups is 1.